The Bertz CT molecular complexity index is 902. The Morgan fingerprint density at radius 3 is 2.89 bits per heavy atom. The molecule has 8 nitrogen and oxygen atoms in total. The number of nitrogen functional groups attached to an aromatic ring is 2. The van der Waals surface area contributed by atoms with Gasteiger partial charge >= 0.3 is 0 Å². The van der Waals surface area contributed by atoms with Crippen LogP contribution in [-0.4, -0.2) is 24.8 Å². The summed E-state index contributed by atoms with van der Waals surface area (Å²) >= 11 is 0. The Balaban J connectivity index is 2.31. The van der Waals surface area contributed by atoms with Gasteiger partial charge in [0.25, 0.3) is 0 Å². The molecule has 4 aromatic rings. The summed E-state index contributed by atoms with van der Waals surface area (Å²) in [5.41, 5.74) is 14.4. The van der Waals surface area contributed by atoms with Gasteiger partial charge in [0.2, 0.25) is 22.6 Å². The molecular formula is C10H9N8+. The van der Waals surface area contributed by atoms with E-state index in [1.54, 1.807) is 9.26 Å². The van der Waals surface area contributed by atoms with Crippen LogP contribution in [0.5, 0.6) is 0 Å². The average molecular weight is 241 g/mol. The number of nitrogens with zero attached hydrogens (tertiary/aromatic N) is 5. The molecule has 4 rings (SSSR count). The highest BCUT2D eigenvalue weighted by Crippen LogP contribution is 2.16. The third-order valence-electron chi connectivity index (χ3n) is 2.85. The summed E-state index contributed by atoms with van der Waals surface area (Å²) in [6.07, 6.45) is 0. The summed E-state index contributed by atoms with van der Waals surface area (Å²) in [5.74, 6) is 0.412. The van der Waals surface area contributed by atoms with Crippen molar-refractivity contribution in [3.05, 3.63) is 24.3 Å². The van der Waals surface area contributed by atoms with Gasteiger partial charge in [-0.2, -0.15) is 15.1 Å². The predicted molar refractivity (Wildman–Crippen MR) is 64.6 cm³/mol. The molecule has 88 valence electrons. The molecule has 3 aromatic heterocycles. The quantitative estimate of drug-likeness (QED) is 0.359. The first-order chi connectivity index (χ1) is 8.74. The predicted octanol–water partition coefficient (Wildman–Crippen LogP) is -0.491. The summed E-state index contributed by atoms with van der Waals surface area (Å²) in [6.45, 7) is 0. The van der Waals surface area contributed by atoms with Crippen molar-refractivity contribution >= 4 is 34.0 Å². The van der Waals surface area contributed by atoms with Crippen LogP contribution in [0.4, 0.5) is 11.8 Å². The minimum atomic E-state index is 0.116. The maximum absolute atomic E-state index is 5.86. The highest BCUT2D eigenvalue weighted by atomic mass is 15.6. The van der Waals surface area contributed by atoms with E-state index in [1.165, 1.54) is 0 Å². The molecule has 0 unspecified atom stereocenters. The molecule has 0 saturated heterocycles. The van der Waals surface area contributed by atoms with E-state index in [0.29, 0.717) is 17.0 Å². The third kappa shape index (κ3) is 0.986. The molecule has 0 radical (unpaired) electrons. The van der Waals surface area contributed by atoms with Gasteiger partial charge in [-0.3, -0.25) is 0 Å². The van der Waals surface area contributed by atoms with Crippen LogP contribution in [0.2, 0.25) is 0 Å². The number of para-hydroxylation sites is 2. The Morgan fingerprint density at radius 1 is 1.17 bits per heavy atom. The molecule has 0 amide bonds. The lowest BCUT2D eigenvalue weighted by Gasteiger charge is -1.92. The molecule has 0 aliphatic carbocycles. The number of nitrogens with two attached hydrogens (primary N) is 2. The topological polar surface area (TPSA) is 115 Å². The largest absolute Gasteiger partial charge is 0.381 e. The van der Waals surface area contributed by atoms with Crippen LogP contribution in [0.15, 0.2) is 24.3 Å². The zero-order chi connectivity index (χ0) is 12.3. The third-order valence-corrected chi connectivity index (χ3v) is 2.85. The van der Waals surface area contributed by atoms with E-state index in [-0.39, 0.29) is 5.95 Å². The molecule has 0 aliphatic rings. The molecule has 0 spiro atoms. The number of hydrogen-bond donors (Lipinski definition) is 3. The lowest BCUT2D eigenvalue weighted by atomic mass is 10.3. The molecule has 1 aromatic carbocycles. The standard InChI is InChI=1S/C10H9N8/c11-8-7-9(14-10(12)13-8)16-17-6-4-2-1-3-5(6)15-18(7)17/h1-4,15H,(H4,11,12,13,14,16)/q+1. The molecule has 0 atom stereocenters. The Kier molecular flexibility index (Phi) is 1.45. The lowest BCUT2D eigenvalue weighted by molar-refractivity contribution is -0.649. The van der Waals surface area contributed by atoms with Crippen molar-refractivity contribution in [1.82, 2.24) is 24.8 Å². The Labute approximate surface area is 99.8 Å². The number of rotatable bonds is 0. The van der Waals surface area contributed by atoms with Crippen LogP contribution in [0, 0.1) is 0 Å². The number of nitrogens with one attached hydrogen (secondary N) is 1. The van der Waals surface area contributed by atoms with Gasteiger partial charge in [0.05, 0.1) is 0 Å². The second-order valence-corrected chi connectivity index (χ2v) is 3.97. The summed E-state index contributed by atoms with van der Waals surface area (Å²) in [6, 6.07) is 7.78. The van der Waals surface area contributed by atoms with Crippen LogP contribution in [0.3, 0.4) is 0 Å². The van der Waals surface area contributed by atoms with Crippen molar-refractivity contribution in [3.63, 3.8) is 0 Å². The monoisotopic (exact) mass is 241 g/mol. The van der Waals surface area contributed by atoms with Gasteiger partial charge in [-0.25, -0.2) is 0 Å². The van der Waals surface area contributed by atoms with Gasteiger partial charge in [-0.05, 0) is 26.5 Å². The van der Waals surface area contributed by atoms with E-state index >= 15 is 0 Å². The fourth-order valence-corrected chi connectivity index (χ4v) is 2.10. The van der Waals surface area contributed by atoms with Crippen molar-refractivity contribution in [2.45, 2.75) is 0 Å². The fourth-order valence-electron chi connectivity index (χ4n) is 2.10. The van der Waals surface area contributed by atoms with E-state index < -0.39 is 0 Å². The Morgan fingerprint density at radius 2 is 2.00 bits per heavy atom. The fraction of sp³-hybridized carbons (Fsp3) is 0. The van der Waals surface area contributed by atoms with Gasteiger partial charge in [0.1, 0.15) is 0 Å². The van der Waals surface area contributed by atoms with Gasteiger partial charge in [0, 0.05) is 0 Å². The minimum Gasteiger partial charge on any atom is -0.381 e. The van der Waals surface area contributed by atoms with Gasteiger partial charge < -0.3 is 11.5 Å². The first kappa shape index (κ1) is 9.16. The summed E-state index contributed by atoms with van der Waals surface area (Å²) in [7, 11) is 0. The van der Waals surface area contributed by atoms with Crippen LogP contribution >= 0.6 is 0 Å². The average Bonchev–Trinajstić information content (AvgIpc) is 2.83. The van der Waals surface area contributed by atoms with Crippen LogP contribution < -0.4 is 16.1 Å². The Hall–Kier alpha value is -2.90. The second kappa shape index (κ2) is 2.86. The molecule has 0 fully saturated rings. The first-order valence-electron chi connectivity index (χ1n) is 5.34. The minimum absolute atomic E-state index is 0.116. The molecule has 0 bridgehead atoms. The summed E-state index contributed by atoms with van der Waals surface area (Å²) in [4.78, 5) is 8.01. The second-order valence-electron chi connectivity index (χ2n) is 3.97. The maximum Gasteiger partial charge on any atom is 0.236 e. The highest BCUT2D eigenvalue weighted by molar-refractivity contribution is 5.82. The zero-order valence-corrected chi connectivity index (χ0v) is 9.20. The lowest BCUT2D eigenvalue weighted by Crippen LogP contribution is -2.28. The summed E-state index contributed by atoms with van der Waals surface area (Å²) in [5, 5.41) is 7.54. The molecular weight excluding hydrogens is 232 g/mol. The van der Waals surface area contributed by atoms with E-state index in [0.717, 1.165) is 11.0 Å². The van der Waals surface area contributed by atoms with Crippen LogP contribution in [0.1, 0.15) is 0 Å². The van der Waals surface area contributed by atoms with Gasteiger partial charge in [-0.1, -0.05) is 12.1 Å². The number of aromatic nitrogens is 6. The molecule has 8 heteroatoms. The van der Waals surface area contributed by atoms with Crippen LogP contribution in [-0.2, 0) is 0 Å². The van der Waals surface area contributed by atoms with Crippen molar-refractivity contribution in [1.29, 1.82) is 0 Å². The highest BCUT2D eigenvalue weighted by Gasteiger charge is 2.20. The normalized spacial score (nSPS) is 11.8. The van der Waals surface area contributed by atoms with Crippen molar-refractivity contribution < 1.29 is 4.63 Å². The molecule has 0 saturated carbocycles. The first-order valence-corrected chi connectivity index (χ1v) is 5.34. The molecule has 3 heterocycles. The number of anilines is 2. The zero-order valence-electron chi connectivity index (χ0n) is 9.20. The number of benzene rings is 1. The summed E-state index contributed by atoms with van der Waals surface area (Å²) < 4.78 is 3.39. The number of fused-ring (bicyclic) bond motifs is 5. The van der Waals surface area contributed by atoms with E-state index in [4.69, 9.17) is 11.5 Å². The number of H-pyrrole nitrogens is 1. The van der Waals surface area contributed by atoms with Crippen LogP contribution in [0.25, 0.3) is 22.2 Å². The van der Waals surface area contributed by atoms with E-state index in [1.807, 2.05) is 24.3 Å². The van der Waals surface area contributed by atoms with E-state index in [2.05, 4.69) is 20.2 Å². The maximum atomic E-state index is 5.86. The van der Waals surface area contributed by atoms with Gasteiger partial charge in [0.15, 0.2) is 11.3 Å². The number of aromatic amines is 1. The SMILES string of the molecule is Nc1nc(N)c2c(n1)n[n+]1c3ccccc3[nH]n21. The molecule has 5 N–H and O–H groups in total. The molecule has 0 aliphatic heterocycles. The van der Waals surface area contributed by atoms with Crippen molar-refractivity contribution in [2.75, 3.05) is 11.5 Å². The molecule has 18 heavy (non-hydrogen) atoms. The smallest absolute Gasteiger partial charge is 0.236 e. The van der Waals surface area contributed by atoms with Gasteiger partial charge in [-0.15, -0.1) is 0 Å². The van der Waals surface area contributed by atoms with Crippen molar-refractivity contribution in [3.8, 4) is 0 Å². The van der Waals surface area contributed by atoms with E-state index in [9.17, 15) is 0 Å². The van der Waals surface area contributed by atoms with Crippen molar-refractivity contribution in [2.24, 2.45) is 0 Å². The number of hydrogen-bond acceptors (Lipinski definition) is 5.